The quantitative estimate of drug-likeness (QED) is 0.658. The maximum atomic E-state index is 11.1. The summed E-state index contributed by atoms with van der Waals surface area (Å²) >= 11 is 6.02. The summed E-state index contributed by atoms with van der Waals surface area (Å²) in [7, 11) is 1.52. The summed E-state index contributed by atoms with van der Waals surface area (Å²) in [5.74, 6) is 0.0909. The Bertz CT molecular complexity index is 743. The molecule has 0 radical (unpaired) electrons. The van der Waals surface area contributed by atoms with E-state index in [-0.39, 0.29) is 22.3 Å². The van der Waals surface area contributed by atoms with E-state index in [1.807, 2.05) is 6.07 Å². The van der Waals surface area contributed by atoms with Crippen LogP contribution in [0.1, 0.15) is 5.56 Å². The van der Waals surface area contributed by atoms with E-state index in [0.717, 1.165) is 0 Å². The molecule has 2 N–H and O–H groups in total. The van der Waals surface area contributed by atoms with Gasteiger partial charge in [-0.3, -0.25) is 10.1 Å². The van der Waals surface area contributed by atoms with Gasteiger partial charge < -0.3 is 10.6 Å². The molecule has 0 saturated carbocycles. The van der Waals surface area contributed by atoms with Crippen LogP contribution in [0, 0.1) is 21.4 Å². The first-order chi connectivity index (χ1) is 10.1. The van der Waals surface area contributed by atoms with Crippen LogP contribution in [-0.4, -0.2) is 21.9 Å². The van der Waals surface area contributed by atoms with Crippen LogP contribution in [-0.2, 0) is 0 Å². The van der Waals surface area contributed by atoms with Crippen molar-refractivity contribution in [2.45, 2.75) is 0 Å². The molecule has 106 valence electrons. The maximum Gasteiger partial charge on any atom is 0.353 e. The Labute approximate surface area is 124 Å². The molecule has 0 amide bonds. The van der Waals surface area contributed by atoms with Gasteiger partial charge in [-0.2, -0.15) is 5.26 Å². The Morgan fingerprint density at radius 2 is 2.10 bits per heavy atom. The zero-order chi connectivity index (χ0) is 15.4. The summed E-state index contributed by atoms with van der Waals surface area (Å²) in [6.07, 6.45) is 1.19. The molecule has 0 saturated heterocycles. The number of nitriles is 1. The lowest BCUT2D eigenvalue weighted by Crippen LogP contribution is -2.05. The van der Waals surface area contributed by atoms with E-state index in [4.69, 9.17) is 16.9 Å². The first-order valence-corrected chi connectivity index (χ1v) is 6.08. The second-order valence-electron chi connectivity index (χ2n) is 3.86. The largest absolute Gasteiger partial charge is 0.367 e. The number of hydrogen-bond donors (Lipinski definition) is 2. The average Bonchev–Trinajstić information content (AvgIpc) is 2.48. The third-order valence-electron chi connectivity index (χ3n) is 2.59. The van der Waals surface area contributed by atoms with Crippen molar-refractivity contribution in [2.24, 2.45) is 0 Å². The van der Waals surface area contributed by atoms with Crippen molar-refractivity contribution in [3.8, 4) is 6.07 Å². The third-order valence-corrected chi connectivity index (χ3v) is 2.91. The minimum Gasteiger partial charge on any atom is -0.367 e. The van der Waals surface area contributed by atoms with Gasteiger partial charge in [0.05, 0.1) is 27.3 Å². The molecule has 2 rings (SSSR count). The molecule has 21 heavy (non-hydrogen) atoms. The Morgan fingerprint density at radius 3 is 2.67 bits per heavy atom. The standard InChI is InChI=1S/C12H9ClN6O2/c1-15-11-10(19(20)21)12(17-6-16-11)18-9-3-2-7(5-14)4-8(9)13/h2-4,6H,1H3,(H2,15,16,17,18). The molecular formula is C12H9ClN6O2. The van der Waals surface area contributed by atoms with E-state index in [1.54, 1.807) is 12.1 Å². The van der Waals surface area contributed by atoms with Crippen LogP contribution in [0.5, 0.6) is 0 Å². The van der Waals surface area contributed by atoms with E-state index in [2.05, 4.69) is 20.6 Å². The number of aromatic nitrogens is 2. The van der Waals surface area contributed by atoms with Crippen molar-refractivity contribution in [3.05, 3.63) is 45.2 Å². The predicted molar refractivity (Wildman–Crippen MR) is 77.7 cm³/mol. The van der Waals surface area contributed by atoms with Crippen LogP contribution < -0.4 is 10.6 Å². The van der Waals surface area contributed by atoms with Gasteiger partial charge in [0.25, 0.3) is 0 Å². The molecule has 0 bridgehead atoms. The molecule has 8 nitrogen and oxygen atoms in total. The average molecular weight is 305 g/mol. The summed E-state index contributed by atoms with van der Waals surface area (Å²) in [5, 5.41) is 25.6. The van der Waals surface area contributed by atoms with Gasteiger partial charge in [0.2, 0.25) is 11.6 Å². The fraction of sp³-hybridized carbons (Fsp3) is 0.0833. The molecule has 1 aromatic heterocycles. The summed E-state index contributed by atoms with van der Waals surface area (Å²) in [4.78, 5) is 18.2. The molecule has 9 heteroatoms. The second-order valence-corrected chi connectivity index (χ2v) is 4.27. The number of rotatable bonds is 4. The lowest BCUT2D eigenvalue weighted by molar-refractivity contribution is -0.383. The lowest BCUT2D eigenvalue weighted by atomic mass is 10.2. The van der Waals surface area contributed by atoms with Gasteiger partial charge in [0.15, 0.2) is 0 Å². The highest BCUT2D eigenvalue weighted by Crippen LogP contribution is 2.33. The van der Waals surface area contributed by atoms with E-state index in [9.17, 15) is 10.1 Å². The molecule has 1 aromatic carbocycles. The first kappa shape index (κ1) is 14.5. The van der Waals surface area contributed by atoms with Crippen LogP contribution in [0.4, 0.5) is 23.0 Å². The monoisotopic (exact) mass is 304 g/mol. The molecule has 0 atom stereocenters. The van der Waals surface area contributed by atoms with E-state index >= 15 is 0 Å². The number of nitrogens with one attached hydrogen (secondary N) is 2. The molecule has 0 fully saturated rings. The van der Waals surface area contributed by atoms with Crippen LogP contribution in [0.15, 0.2) is 24.5 Å². The van der Waals surface area contributed by atoms with Gasteiger partial charge in [-0.05, 0) is 18.2 Å². The Morgan fingerprint density at radius 1 is 1.38 bits per heavy atom. The molecule has 0 aliphatic rings. The number of halogens is 1. The SMILES string of the molecule is CNc1ncnc(Nc2ccc(C#N)cc2Cl)c1[N+](=O)[O-]. The van der Waals surface area contributed by atoms with E-state index in [1.165, 1.54) is 19.4 Å². The highest BCUT2D eigenvalue weighted by atomic mass is 35.5. The molecular weight excluding hydrogens is 296 g/mol. The van der Waals surface area contributed by atoms with Crippen molar-refractivity contribution in [1.29, 1.82) is 5.26 Å². The zero-order valence-electron chi connectivity index (χ0n) is 10.8. The van der Waals surface area contributed by atoms with Crippen LogP contribution in [0.2, 0.25) is 5.02 Å². The van der Waals surface area contributed by atoms with Crippen LogP contribution >= 0.6 is 11.6 Å². The van der Waals surface area contributed by atoms with Gasteiger partial charge >= 0.3 is 5.69 Å². The first-order valence-electron chi connectivity index (χ1n) is 5.70. The van der Waals surface area contributed by atoms with Crippen molar-refractivity contribution in [1.82, 2.24) is 9.97 Å². The van der Waals surface area contributed by atoms with Gasteiger partial charge in [0, 0.05) is 7.05 Å². The van der Waals surface area contributed by atoms with Crippen LogP contribution in [0.25, 0.3) is 0 Å². The Hall–Kier alpha value is -2.92. The molecule has 0 aliphatic carbocycles. The smallest absolute Gasteiger partial charge is 0.353 e. The van der Waals surface area contributed by atoms with Crippen LogP contribution in [0.3, 0.4) is 0 Å². The Kier molecular flexibility index (Phi) is 4.15. The van der Waals surface area contributed by atoms with E-state index < -0.39 is 4.92 Å². The molecule has 1 heterocycles. The van der Waals surface area contributed by atoms with Gasteiger partial charge in [0.1, 0.15) is 6.33 Å². The highest BCUT2D eigenvalue weighted by molar-refractivity contribution is 6.33. The summed E-state index contributed by atoms with van der Waals surface area (Å²) in [6, 6.07) is 6.49. The van der Waals surface area contributed by atoms with E-state index in [0.29, 0.717) is 11.3 Å². The number of benzene rings is 1. The topological polar surface area (TPSA) is 117 Å². The predicted octanol–water partition coefficient (Wildman–Crippen LogP) is 2.70. The number of nitrogens with zero attached hydrogens (tertiary/aromatic N) is 4. The summed E-state index contributed by atoms with van der Waals surface area (Å²) in [6.45, 7) is 0. The van der Waals surface area contributed by atoms with Crippen molar-refractivity contribution in [2.75, 3.05) is 17.7 Å². The van der Waals surface area contributed by atoms with Crippen molar-refractivity contribution in [3.63, 3.8) is 0 Å². The summed E-state index contributed by atoms with van der Waals surface area (Å²) in [5.41, 5.74) is 0.499. The minimum absolute atomic E-state index is 0.00552. The van der Waals surface area contributed by atoms with Crippen molar-refractivity contribution < 1.29 is 4.92 Å². The molecule has 0 spiro atoms. The summed E-state index contributed by atoms with van der Waals surface area (Å²) < 4.78 is 0. The highest BCUT2D eigenvalue weighted by Gasteiger charge is 2.22. The van der Waals surface area contributed by atoms with Crippen molar-refractivity contribution >= 4 is 34.6 Å². The minimum atomic E-state index is -0.592. The zero-order valence-corrected chi connectivity index (χ0v) is 11.5. The molecule has 2 aromatic rings. The normalized spacial score (nSPS) is 9.76. The maximum absolute atomic E-state index is 11.1. The van der Waals surface area contributed by atoms with Gasteiger partial charge in [-0.25, -0.2) is 9.97 Å². The molecule has 0 aliphatic heterocycles. The van der Waals surface area contributed by atoms with Gasteiger partial charge in [-0.15, -0.1) is 0 Å². The number of anilines is 3. The fourth-order valence-corrected chi connectivity index (χ4v) is 1.87. The van der Waals surface area contributed by atoms with Gasteiger partial charge in [-0.1, -0.05) is 11.6 Å². The third kappa shape index (κ3) is 2.98. The fourth-order valence-electron chi connectivity index (χ4n) is 1.64. The number of hydrogen-bond acceptors (Lipinski definition) is 7. The Balaban J connectivity index is 2.45. The lowest BCUT2D eigenvalue weighted by Gasteiger charge is -2.09. The molecule has 0 unspecified atom stereocenters. The second kappa shape index (κ2) is 6.02. The number of nitro groups is 1.